The number of carboxylic acids is 1. The first-order valence-electron chi connectivity index (χ1n) is 24.7. The van der Waals surface area contributed by atoms with E-state index in [0.717, 1.165) is 12.1 Å². The third-order valence-corrected chi connectivity index (χ3v) is 19.4. The summed E-state index contributed by atoms with van der Waals surface area (Å²) in [6, 6.07) is 18.4. The number of nitrogens with one attached hydrogen (secondary N) is 3. The van der Waals surface area contributed by atoms with E-state index in [1.165, 1.54) is 48.5 Å². The number of benzene rings is 8. The Labute approximate surface area is 534 Å². The summed E-state index contributed by atoms with van der Waals surface area (Å²) in [4.78, 5) is 30.5. The number of phenols is 2. The first-order valence-corrected chi connectivity index (χ1v) is 35.1. The Morgan fingerprint density at radius 2 is 0.882 bits per heavy atom. The highest BCUT2D eigenvalue weighted by Crippen LogP contribution is 2.49. The molecule has 10 aromatic rings. The molecule has 93 heavy (non-hydrogen) atoms. The van der Waals surface area contributed by atoms with Gasteiger partial charge in [0.2, 0.25) is 28.4 Å². The topological polar surface area (TPSA) is 567 Å². The van der Waals surface area contributed by atoms with Crippen LogP contribution in [0.15, 0.2) is 164 Å². The molecule has 0 spiro atoms. The molecule has 0 aliphatic carbocycles. The highest BCUT2D eigenvalue weighted by atomic mass is 35.5. The fourth-order valence-corrected chi connectivity index (χ4v) is 14.3. The molecule has 12 N–H and O–H groups in total. The Bertz CT molecular complexity index is 5690. The predicted molar refractivity (Wildman–Crippen MR) is 328 cm³/mol. The van der Waals surface area contributed by atoms with Gasteiger partial charge in [-0.2, -0.15) is 80.4 Å². The van der Waals surface area contributed by atoms with Crippen LogP contribution in [0.25, 0.3) is 43.1 Å². The van der Waals surface area contributed by atoms with E-state index in [4.69, 9.17) is 23.2 Å². The number of nitrogens with zero attached hydrogens (tertiary/aromatic N) is 10. The summed E-state index contributed by atoms with van der Waals surface area (Å²) in [5.74, 6) is -6.66. The standard InChI is InChI=1S/C49H33Cl2N13O22S7/c50-44-55-46(52-30-17-24(88(69,70)71)13-22-15-33(90(75,76)77)37(39(65)35(22)30)63-61-28-11-9-20-5-1-3-7-26(20)41(28)92(81,82)83)59-47(56-44)54-32(43(67)68)19-87-49-58-45(51)57-48(60-49)53-31-18-25(89(72,73)74)14-23-16-34(91(78,79)80)38(40(66)36(23)31)64-62-29-12-10-21-6-2-4-8-27(21)42(29)93(84,85)86/h1-18,32,65-66H,19H2,(H,67,68)(H,69,70,71)(H,72,73,74)(H,75,76,77)(H,78,79,80)(H,81,82,83)(H,84,85,86)(H,53,57,58,60)(H2,52,54,55,56,59). The molecular formula is C49H33Cl2N13O22S7. The van der Waals surface area contributed by atoms with E-state index in [1.54, 1.807) is 12.1 Å². The second-order valence-corrected chi connectivity index (χ2v) is 28.9. The van der Waals surface area contributed by atoms with Crippen molar-refractivity contribution in [1.82, 2.24) is 29.9 Å². The first kappa shape index (κ1) is 66.8. The molecule has 35 nitrogen and oxygen atoms in total. The van der Waals surface area contributed by atoms with E-state index in [-0.39, 0.29) is 10.8 Å². The van der Waals surface area contributed by atoms with Gasteiger partial charge in [-0.3, -0.25) is 27.3 Å². The lowest BCUT2D eigenvalue weighted by molar-refractivity contribution is -0.137. The van der Waals surface area contributed by atoms with Crippen LogP contribution in [0.5, 0.6) is 11.5 Å². The number of phenolic OH excluding ortho intramolecular Hbond substituents is 2. The summed E-state index contributed by atoms with van der Waals surface area (Å²) >= 11 is 13.0. The number of carboxylic acid groups (broad SMARTS) is 1. The van der Waals surface area contributed by atoms with Crippen LogP contribution in [0, 0.1) is 0 Å². The van der Waals surface area contributed by atoms with Crippen molar-refractivity contribution in [2.24, 2.45) is 20.5 Å². The van der Waals surface area contributed by atoms with E-state index in [1.807, 2.05) is 0 Å². The number of anilines is 5. The third-order valence-electron chi connectivity index (χ3n) is 12.8. The SMILES string of the molecule is O=C(O)C(CSc1nc(Cl)nc(Nc2cc(S(=O)(=O)O)cc3cc(S(=O)(=O)O)c(N=Nc4ccc5ccccc5c4S(=O)(=O)O)c(O)c23)n1)Nc1nc(Cl)nc(Nc2cc(S(=O)(=O)O)cc3cc(S(=O)(=O)O)c(N=Nc4ccc5ccccc5c4S(=O)(=O)O)c(O)c23)n1. The summed E-state index contributed by atoms with van der Waals surface area (Å²) < 4.78 is 213. The second-order valence-electron chi connectivity index (χ2n) is 18.9. The lowest BCUT2D eigenvalue weighted by atomic mass is 10.1. The van der Waals surface area contributed by atoms with Crippen molar-refractivity contribution in [2.75, 3.05) is 21.7 Å². The first-order chi connectivity index (χ1) is 43.3. The van der Waals surface area contributed by atoms with Crippen LogP contribution < -0.4 is 16.0 Å². The van der Waals surface area contributed by atoms with Gasteiger partial charge in [0, 0.05) is 27.3 Å². The van der Waals surface area contributed by atoms with Gasteiger partial charge in [0.25, 0.3) is 60.7 Å². The second kappa shape index (κ2) is 24.7. The number of carbonyl (C=O) groups is 1. The fraction of sp³-hybridized carbons (Fsp3) is 0.0408. The van der Waals surface area contributed by atoms with E-state index < -0.39 is 209 Å². The van der Waals surface area contributed by atoms with Crippen LogP contribution in [-0.2, 0) is 65.5 Å². The van der Waals surface area contributed by atoms with Crippen molar-refractivity contribution >= 4 is 197 Å². The quantitative estimate of drug-likeness (QED) is 0.0192. The summed E-state index contributed by atoms with van der Waals surface area (Å²) in [5.41, 5.74) is -4.60. The molecule has 0 saturated heterocycles. The monoisotopic (exact) mass is 1450 g/mol. The maximum absolute atomic E-state index is 12.8. The number of thioether (sulfide) groups is 1. The summed E-state index contributed by atoms with van der Waals surface area (Å²) in [5, 5.41) is 52.8. The number of aliphatic carboxylic acids is 1. The fourth-order valence-electron chi connectivity index (χ4n) is 9.02. The van der Waals surface area contributed by atoms with Crippen LogP contribution in [0.4, 0.5) is 52.0 Å². The Balaban J connectivity index is 0.973. The molecule has 10 rings (SSSR count). The molecule has 1 unspecified atom stereocenters. The van der Waals surface area contributed by atoms with Crippen LogP contribution in [0.2, 0.25) is 10.6 Å². The molecule has 0 aliphatic heterocycles. The molecule has 0 fully saturated rings. The van der Waals surface area contributed by atoms with E-state index in [0.29, 0.717) is 58.9 Å². The van der Waals surface area contributed by atoms with Crippen molar-refractivity contribution in [1.29, 1.82) is 0 Å². The van der Waals surface area contributed by atoms with Gasteiger partial charge in [-0.25, -0.2) is 4.79 Å². The third kappa shape index (κ3) is 14.4. The molecule has 2 aromatic heterocycles. The van der Waals surface area contributed by atoms with Crippen molar-refractivity contribution in [3.63, 3.8) is 0 Å². The highest BCUT2D eigenvalue weighted by molar-refractivity contribution is 7.99. The van der Waals surface area contributed by atoms with Gasteiger partial charge in [-0.05, 0) is 93.3 Å². The van der Waals surface area contributed by atoms with Gasteiger partial charge in [0.05, 0.1) is 21.2 Å². The summed E-state index contributed by atoms with van der Waals surface area (Å²) in [7, 11) is -31.6. The molecule has 0 aliphatic rings. The zero-order valence-corrected chi connectivity index (χ0v) is 52.3. The largest absolute Gasteiger partial charge is 0.505 e. The van der Waals surface area contributed by atoms with Crippen molar-refractivity contribution in [2.45, 2.75) is 40.6 Å². The van der Waals surface area contributed by atoms with Crippen LogP contribution in [0.3, 0.4) is 0 Å². The average Bonchev–Trinajstić information content (AvgIpc) is 0.779. The molecule has 2 heterocycles. The van der Waals surface area contributed by atoms with Crippen LogP contribution in [-0.4, -0.2) is 141 Å². The minimum absolute atomic E-state index is 0.0607. The molecule has 0 bridgehead atoms. The Hall–Kier alpha value is -9.12. The molecule has 0 saturated carbocycles. The van der Waals surface area contributed by atoms with Crippen molar-refractivity contribution in [3.8, 4) is 11.5 Å². The molecule has 44 heteroatoms. The predicted octanol–water partition coefficient (Wildman–Crippen LogP) is 8.84. The average molecular weight is 1450 g/mol. The number of hydrogen-bond acceptors (Lipinski definition) is 29. The normalized spacial score (nSPS) is 13.2. The van der Waals surface area contributed by atoms with Crippen molar-refractivity contribution in [3.05, 3.63) is 120 Å². The van der Waals surface area contributed by atoms with E-state index in [9.17, 15) is 97.9 Å². The zero-order valence-electron chi connectivity index (χ0n) is 45.1. The van der Waals surface area contributed by atoms with Gasteiger partial charge in [-0.1, -0.05) is 72.4 Å². The molecule has 482 valence electrons. The number of fused-ring (bicyclic) bond motifs is 4. The minimum atomic E-state index is -5.48. The maximum Gasteiger partial charge on any atom is 0.327 e. The number of aromatic hydroxyl groups is 2. The van der Waals surface area contributed by atoms with Gasteiger partial charge >= 0.3 is 5.97 Å². The number of aromatic nitrogens is 6. The number of hydrogen-bond donors (Lipinski definition) is 12. The maximum atomic E-state index is 12.8. The van der Waals surface area contributed by atoms with Crippen LogP contribution >= 0.6 is 35.0 Å². The summed E-state index contributed by atoms with van der Waals surface area (Å²) in [6.45, 7) is 0. The number of azo groups is 2. The molecule has 0 radical (unpaired) electrons. The molecular weight excluding hydrogens is 1420 g/mol. The number of halogens is 2. The van der Waals surface area contributed by atoms with E-state index in [2.05, 4.69) is 66.3 Å². The highest BCUT2D eigenvalue weighted by Gasteiger charge is 2.31. The Morgan fingerprint density at radius 3 is 1.29 bits per heavy atom. The Morgan fingerprint density at radius 1 is 0.473 bits per heavy atom. The van der Waals surface area contributed by atoms with Crippen LogP contribution in [0.1, 0.15) is 0 Å². The molecule has 8 aromatic carbocycles. The van der Waals surface area contributed by atoms with Gasteiger partial charge < -0.3 is 31.3 Å². The molecule has 1 atom stereocenters. The van der Waals surface area contributed by atoms with Gasteiger partial charge in [0.1, 0.15) is 48.4 Å². The smallest absolute Gasteiger partial charge is 0.327 e. The molecule has 0 amide bonds. The Kier molecular flexibility index (Phi) is 17.8. The zero-order chi connectivity index (χ0) is 67.7. The van der Waals surface area contributed by atoms with Crippen molar-refractivity contribution < 1.29 is 97.9 Å². The lowest BCUT2D eigenvalue weighted by Gasteiger charge is -2.17. The van der Waals surface area contributed by atoms with E-state index >= 15 is 0 Å². The minimum Gasteiger partial charge on any atom is -0.505 e. The summed E-state index contributed by atoms with van der Waals surface area (Å²) in [6.07, 6.45) is 0. The lowest BCUT2D eigenvalue weighted by Crippen LogP contribution is -2.32. The van der Waals surface area contributed by atoms with Gasteiger partial charge in [-0.15, -0.1) is 20.5 Å². The van der Waals surface area contributed by atoms with Gasteiger partial charge in [0.15, 0.2) is 16.7 Å². The number of rotatable bonds is 20.